The molecule has 0 N–H and O–H groups in total. The van der Waals surface area contributed by atoms with Gasteiger partial charge in [-0.15, -0.1) is 0 Å². The van der Waals surface area contributed by atoms with Crippen LogP contribution in [0.3, 0.4) is 0 Å². The summed E-state index contributed by atoms with van der Waals surface area (Å²) in [6.45, 7) is 1.72. The van der Waals surface area contributed by atoms with E-state index in [1.54, 1.807) is 19.2 Å². The first-order valence-electron chi connectivity index (χ1n) is 4.77. The van der Waals surface area contributed by atoms with E-state index in [2.05, 4.69) is 4.98 Å². The minimum Gasteiger partial charge on any atom is -0.478 e. The zero-order chi connectivity index (χ0) is 11.5. The van der Waals surface area contributed by atoms with Crippen molar-refractivity contribution in [1.82, 2.24) is 4.98 Å². The van der Waals surface area contributed by atoms with Crippen LogP contribution in [0.2, 0.25) is 0 Å². The first-order valence-corrected chi connectivity index (χ1v) is 4.77. The van der Waals surface area contributed by atoms with E-state index in [-0.39, 0.29) is 12.4 Å². The molecule has 0 saturated heterocycles. The maximum atomic E-state index is 13.3. The lowest BCUT2D eigenvalue weighted by Gasteiger charge is -2.07. The number of hydrogen-bond acceptors (Lipinski definition) is 3. The first kappa shape index (κ1) is 10.4. The van der Waals surface area contributed by atoms with Crippen LogP contribution in [0, 0.1) is 24.1 Å². The number of rotatable bonds is 2. The molecule has 0 fully saturated rings. The first-order chi connectivity index (χ1) is 7.72. The predicted octanol–water partition coefficient (Wildman–Crippen LogP) is 2.58. The Balaban J connectivity index is 2.63. The Hall–Kier alpha value is -2.15. The van der Waals surface area contributed by atoms with Gasteiger partial charge in [0.05, 0.1) is 5.52 Å². The van der Waals surface area contributed by atoms with Gasteiger partial charge >= 0.3 is 0 Å². The van der Waals surface area contributed by atoms with E-state index in [1.807, 2.05) is 6.07 Å². The van der Waals surface area contributed by atoms with Crippen LogP contribution >= 0.6 is 0 Å². The number of nitriles is 1. The van der Waals surface area contributed by atoms with Gasteiger partial charge in [-0.1, -0.05) is 0 Å². The van der Waals surface area contributed by atoms with Gasteiger partial charge in [0, 0.05) is 11.6 Å². The number of halogens is 1. The zero-order valence-corrected chi connectivity index (χ0v) is 8.70. The molecular formula is C12H9FN2O. The molecule has 0 radical (unpaired) electrons. The number of hydrogen-bond donors (Lipinski definition) is 0. The van der Waals surface area contributed by atoms with E-state index in [0.717, 1.165) is 5.56 Å². The predicted molar refractivity (Wildman–Crippen MR) is 57.5 cm³/mol. The molecule has 16 heavy (non-hydrogen) atoms. The van der Waals surface area contributed by atoms with E-state index >= 15 is 0 Å². The van der Waals surface area contributed by atoms with Crippen LogP contribution in [0.5, 0.6) is 5.75 Å². The molecule has 1 aromatic carbocycles. The molecule has 0 spiro atoms. The van der Waals surface area contributed by atoms with E-state index in [1.165, 1.54) is 12.1 Å². The Labute approximate surface area is 92.1 Å². The van der Waals surface area contributed by atoms with Crippen LogP contribution in [-0.2, 0) is 0 Å². The van der Waals surface area contributed by atoms with Gasteiger partial charge in [0.25, 0.3) is 0 Å². The lowest BCUT2D eigenvalue weighted by atomic mass is 10.1. The molecule has 0 unspecified atom stereocenters. The molecule has 2 aromatic rings. The summed E-state index contributed by atoms with van der Waals surface area (Å²) in [6.07, 6.45) is 1.58. The van der Waals surface area contributed by atoms with Crippen LogP contribution in [0.15, 0.2) is 24.4 Å². The van der Waals surface area contributed by atoms with Crippen molar-refractivity contribution in [3.05, 3.63) is 35.8 Å². The summed E-state index contributed by atoms with van der Waals surface area (Å²) in [6, 6.07) is 6.28. The lowest BCUT2D eigenvalue weighted by Crippen LogP contribution is -1.96. The smallest absolute Gasteiger partial charge is 0.174 e. The molecule has 1 aromatic heterocycles. The van der Waals surface area contributed by atoms with E-state index in [0.29, 0.717) is 16.7 Å². The number of aryl methyl sites for hydroxylation is 1. The van der Waals surface area contributed by atoms with Crippen molar-refractivity contribution in [3.63, 3.8) is 0 Å². The number of benzene rings is 1. The summed E-state index contributed by atoms with van der Waals surface area (Å²) in [5.74, 6) is 0.147. The highest BCUT2D eigenvalue weighted by Gasteiger charge is 2.07. The number of pyridine rings is 1. The monoisotopic (exact) mass is 216 g/mol. The zero-order valence-electron chi connectivity index (χ0n) is 8.70. The topological polar surface area (TPSA) is 45.9 Å². The van der Waals surface area contributed by atoms with Crippen molar-refractivity contribution in [2.24, 2.45) is 0 Å². The second kappa shape index (κ2) is 4.15. The SMILES string of the molecule is Cc1cc(F)cc2c(OCC#N)ccnc12. The van der Waals surface area contributed by atoms with Gasteiger partial charge in [0.15, 0.2) is 6.61 Å². The van der Waals surface area contributed by atoms with Crippen molar-refractivity contribution in [2.45, 2.75) is 6.92 Å². The van der Waals surface area contributed by atoms with Crippen molar-refractivity contribution < 1.29 is 9.13 Å². The van der Waals surface area contributed by atoms with Crippen molar-refractivity contribution in [2.75, 3.05) is 6.61 Å². The van der Waals surface area contributed by atoms with Gasteiger partial charge in [-0.05, 0) is 30.7 Å². The summed E-state index contributed by atoms with van der Waals surface area (Å²) in [5.41, 5.74) is 1.44. The molecule has 0 aliphatic rings. The molecule has 0 aliphatic carbocycles. The van der Waals surface area contributed by atoms with Crippen molar-refractivity contribution >= 4 is 10.9 Å². The minimum atomic E-state index is -0.334. The van der Waals surface area contributed by atoms with Crippen LogP contribution in [0.1, 0.15) is 5.56 Å². The second-order valence-corrected chi connectivity index (χ2v) is 3.37. The van der Waals surface area contributed by atoms with Crippen LogP contribution in [0.4, 0.5) is 4.39 Å². The highest BCUT2D eigenvalue weighted by molar-refractivity contribution is 5.87. The quantitative estimate of drug-likeness (QED) is 0.775. The minimum absolute atomic E-state index is 0.0608. The van der Waals surface area contributed by atoms with E-state index in [9.17, 15) is 4.39 Å². The maximum absolute atomic E-state index is 13.3. The van der Waals surface area contributed by atoms with Crippen molar-refractivity contribution in [1.29, 1.82) is 5.26 Å². The fourth-order valence-electron chi connectivity index (χ4n) is 1.60. The maximum Gasteiger partial charge on any atom is 0.174 e. The largest absolute Gasteiger partial charge is 0.478 e. The average molecular weight is 216 g/mol. The molecular weight excluding hydrogens is 207 g/mol. The molecule has 2 rings (SSSR count). The van der Waals surface area contributed by atoms with Crippen LogP contribution in [-0.4, -0.2) is 11.6 Å². The van der Waals surface area contributed by atoms with Gasteiger partial charge < -0.3 is 4.74 Å². The fourth-order valence-corrected chi connectivity index (χ4v) is 1.60. The molecule has 3 nitrogen and oxygen atoms in total. The third kappa shape index (κ3) is 1.80. The van der Waals surface area contributed by atoms with Crippen LogP contribution in [0.25, 0.3) is 10.9 Å². The van der Waals surface area contributed by atoms with Crippen molar-refractivity contribution in [3.8, 4) is 11.8 Å². The molecule has 80 valence electrons. The van der Waals surface area contributed by atoms with E-state index < -0.39 is 0 Å². The molecule has 0 amide bonds. The number of fused-ring (bicyclic) bond motifs is 1. The van der Waals surface area contributed by atoms with E-state index in [4.69, 9.17) is 10.00 Å². The van der Waals surface area contributed by atoms with Gasteiger partial charge in [-0.3, -0.25) is 4.98 Å². The summed E-state index contributed by atoms with van der Waals surface area (Å²) in [7, 11) is 0. The summed E-state index contributed by atoms with van der Waals surface area (Å²) in [4.78, 5) is 4.16. The Morgan fingerprint density at radius 2 is 2.31 bits per heavy atom. The number of aromatic nitrogens is 1. The fraction of sp³-hybridized carbons (Fsp3) is 0.167. The van der Waals surface area contributed by atoms with Crippen LogP contribution < -0.4 is 4.74 Å². The molecule has 0 bridgehead atoms. The Morgan fingerprint density at radius 1 is 1.50 bits per heavy atom. The van der Waals surface area contributed by atoms with Gasteiger partial charge in [-0.2, -0.15) is 5.26 Å². The number of ether oxygens (including phenoxy) is 1. The standard InChI is InChI=1S/C12H9FN2O/c1-8-6-9(13)7-10-11(16-5-3-14)2-4-15-12(8)10/h2,4,6-7H,5H2,1H3. The molecule has 0 aliphatic heterocycles. The molecule has 0 atom stereocenters. The second-order valence-electron chi connectivity index (χ2n) is 3.37. The Bertz CT molecular complexity index is 575. The summed E-state index contributed by atoms with van der Waals surface area (Å²) >= 11 is 0. The average Bonchev–Trinajstić information content (AvgIpc) is 2.26. The lowest BCUT2D eigenvalue weighted by molar-refractivity contribution is 0.372. The summed E-state index contributed by atoms with van der Waals surface area (Å²) in [5, 5.41) is 9.04. The normalized spacial score (nSPS) is 10.1. The third-order valence-electron chi connectivity index (χ3n) is 2.25. The Morgan fingerprint density at radius 3 is 3.06 bits per heavy atom. The molecule has 1 heterocycles. The van der Waals surface area contributed by atoms with Gasteiger partial charge in [0.1, 0.15) is 17.6 Å². The third-order valence-corrected chi connectivity index (χ3v) is 2.25. The summed E-state index contributed by atoms with van der Waals surface area (Å²) < 4.78 is 18.5. The highest BCUT2D eigenvalue weighted by atomic mass is 19.1. The van der Waals surface area contributed by atoms with Gasteiger partial charge in [0.2, 0.25) is 0 Å². The highest BCUT2D eigenvalue weighted by Crippen LogP contribution is 2.26. The number of nitrogens with zero attached hydrogens (tertiary/aromatic N) is 2. The molecule has 4 heteroatoms. The Kier molecular flexibility index (Phi) is 2.69. The molecule has 0 saturated carbocycles. The van der Waals surface area contributed by atoms with Gasteiger partial charge in [-0.25, -0.2) is 4.39 Å².